The van der Waals surface area contributed by atoms with E-state index in [1.165, 1.54) is 6.07 Å². The fourth-order valence-corrected chi connectivity index (χ4v) is 5.44. The molecular formula is C29H30F10O4. The van der Waals surface area contributed by atoms with E-state index in [2.05, 4.69) is 4.74 Å². The zero-order valence-electron chi connectivity index (χ0n) is 23.0. The van der Waals surface area contributed by atoms with Gasteiger partial charge in [-0.25, -0.2) is 17.6 Å². The molecule has 0 radical (unpaired) electrons. The number of benzene rings is 2. The molecule has 0 spiro atoms. The lowest BCUT2D eigenvalue weighted by molar-refractivity contribution is -0.314. The molecule has 0 unspecified atom stereocenters. The molecule has 0 aliphatic heterocycles. The van der Waals surface area contributed by atoms with E-state index in [0.717, 1.165) is 12.1 Å². The van der Waals surface area contributed by atoms with Crippen LogP contribution >= 0.6 is 0 Å². The van der Waals surface area contributed by atoms with Crippen molar-refractivity contribution in [1.82, 2.24) is 0 Å². The van der Waals surface area contributed by atoms with E-state index in [0.29, 0.717) is 0 Å². The van der Waals surface area contributed by atoms with Gasteiger partial charge in [0.25, 0.3) is 0 Å². The van der Waals surface area contributed by atoms with Crippen molar-refractivity contribution in [2.24, 2.45) is 11.8 Å². The van der Waals surface area contributed by atoms with Crippen LogP contribution in [0.4, 0.5) is 43.9 Å². The summed E-state index contributed by atoms with van der Waals surface area (Å²) in [5.74, 6) is -10.2. The summed E-state index contributed by atoms with van der Waals surface area (Å²) < 4.78 is 162. The molecule has 240 valence electrons. The maximum atomic E-state index is 15.0. The summed E-state index contributed by atoms with van der Waals surface area (Å²) in [5, 5.41) is 0. The van der Waals surface area contributed by atoms with E-state index in [9.17, 15) is 43.9 Å². The molecule has 0 heterocycles. The highest BCUT2D eigenvalue weighted by molar-refractivity contribution is 5.30. The Balaban J connectivity index is 1.25. The van der Waals surface area contributed by atoms with Gasteiger partial charge in [-0.1, -0.05) is 0 Å². The van der Waals surface area contributed by atoms with Gasteiger partial charge in [0, 0.05) is 18.2 Å². The lowest BCUT2D eigenvalue weighted by Crippen LogP contribution is -2.43. The summed E-state index contributed by atoms with van der Waals surface area (Å²) in [6, 6.07) is 3.37. The molecule has 4 rings (SSSR count). The molecule has 2 aliphatic carbocycles. The van der Waals surface area contributed by atoms with E-state index < -0.39 is 77.0 Å². The summed E-state index contributed by atoms with van der Waals surface area (Å²) in [7, 11) is 0. The van der Waals surface area contributed by atoms with Crippen LogP contribution < -0.4 is 9.47 Å². The minimum absolute atomic E-state index is 0.0659. The Morgan fingerprint density at radius 2 is 1.12 bits per heavy atom. The largest absolute Gasteiger partial charge is 0.494 e. The smallest absolute Gasteiger partial charge is 0.400 e. The van der Waals surface area contributed by atoms with Crippen molar-refractivity contribution in [3.63, 3.8) is 0 Å². The molecule has 14 heteroatoms. The first-order valence-electron chi connectivity index (χ1n) is 13.9. The first kappa shape index (κ1) is 33.2. The zero-order chi connectivity index (χ0) is 31.6. The second-order valence-electron chi connectivity index (χ2n) is 10.7. The Bertz CT molecular complexity index is 1220. The highest BCUT2D eigenvalue weighted by atomic mass is 19.3. The van der Waals surface area contributed by atoms with E-state index in [4.69, 9.17) is 14.2 Å². The Morgan fingerprint density at radius 1 is 0.628 bits per heavy atom. The van der Waals surface area contributed by atoms with Gasteiger partial charge in [0.15, 0.2) is 17.5 Å². The van der Waals surface area contributed by atoms with Gasteiger partial charge < -0.3 is 18.9 Å². The quantitative estimate of drug-likeness (QED) is 0.183. The first-order chi connectivity index (χ1) is 20.1. The molecule has 0 N–H and O–H groups in total. The van der Waals surface area contributed by atoms with Crippen LogP contribution in [0, 0.1) is 35.1 Å². The maximum absolute atomic E-state index is 15.0. The van der Waals surface area contributed by atoms with Crippen LogP contribution in [0.5, 0.6) is 11.5 Å². The van der Waals surface area contributed by atoms with Crippen molar-refractivity contribution in [3.8, 4) is 11.5 Å². The third-order valence-corrected chi connectivity index (χ3v) is 7.71. The maximum Gasteiger partial charge on any atom is 0.400 e. The Hall–Kier alpha value is -2.74. The predicted octanol–water partition coefficient (Wildman–Crippen LogP) is 9.11. The van der Waals surface area contributed by atoms with Crippen LogP contribution in [-0.2, 0) is 15.6 Å². The highest BCUT2D eigenvalue weighted by Crippen LogP contribution is 2.45. The molecule has 4 nitrogen and oxygen atoms in total. The summed E-state index contributed by atoms with van der Waals surface area (Å²) in [6.07, 6.45) is -15.6. The second kappa shape index (κ2) is 13.1. The third kappa shape index (κ3) is 8.05. The Morgan fingerprint density at radius 3 is 1.63 bits per heavy atom. The standard InChI is InChI=1S/C29H30F10O4/c1-2-40-20-11-12-22(23(30)13-20)29(38,39)42-19-9-5-16(6-10-19)27(34,35)41-18-7-3-17(4-8-18)28(36,37)43-21-14-24(31)26(33)25(32)15-21/h11-19H,2-10H2,1H3. The van der Waals surface area contributed by atoms with Gasteiger partial charge in [0.2, 0.25) is 0 Å². The SMILES string of the molecule is CCOc1ccc(C(F)(F)OC2CCC(C(F)(F)OC3CCC(C(F)(F)Oc4cc(F)c(F)c(F)c4)CC3)CC2)c(F)c1. The van der Waals surface area contributed by atoms with E-state index in [1.807, 2.05) is 0 Å². The minimum atomic E-state index is -4.01. The number of rotatable bonds is 11. The molecule has 0 atom stereocenters. The number of ether oxygens (including phenoxy) is 4. The van der Waals surface area contributed by atoms with Gasteiger partial charge in [-0.2, -0.15) is 26.3 Å². The van der Waals surface area contributed by atoms with Crippen LogP contribution in [0.25, 0.3) is 0 Å². The summed E-state index contributed by atoms with van der Waals surface area (Å²) in [5.41, 5.74) is -1.00. The van der Waals surface area contributed by atoms with Crippen LogP contribution in [0.1, 0.15) is 63.9 Å². The fourth-order valence-electron chi connectivity index (χ4n) is 5.44. The molecular weight excluding hydrogens is 602 g/mol. The molecule has 2 aromatic rings. The molecule has 2 aliphatic rings. The molecule has 2 aromatic carbocycles. The Labute approximate surface area is 241 Å². The van der Waals surface area contributed by atoms with Crippen LogP contribution in [-0.4, -0.2) is 31.0 Å². The minimum Gasteiger partial charge on any atom is -0.494 e. The first-order valence-corrected chi connectivity index (χ1v) is 13.9. The predicted molar refractivity (Wildman–Crippen MR) is 132 cm³/mol. The normalized spacial score (nSPS) is 23.7. The summed E-state index contributed by atoms with van der Waals surface area (Å²) in [4.78, 5) is 0. The van der Waals surface area contributed by atoms with Crippen molar-refractivity contribution in [2.45, 2.75) is 88.8 Å². The topological polar surface area (TPSA) is 36.9 Å². The second-order valence-corrected chi connectivity index (χ2v) is 10.7. The van der Waals surface area contributed by atoms with Crippen molar-refractivity contribution in [2.75, 3.05) is 6.61 Å². The monoisotopic (exact) mass is 632 g/mol. The van der Waals surface area contributed by atoms with Crippen LogP contribution in [0.15, 0.2) is 30.3 Å². The number of alkyl halides is 6. The van der Waals surface area contributed by atoms with Gasteiger partial charge >= 0.3 is 18.3 Å². The number of hydrogen-bond donors (Lipinski definition) is 0. The molecule has 0 aromatic heterocycles. The van der Waals surface area contributed by atoms with Gasteiger partial charge in [-0.05, 0) is 70.4 Å². The van der Waals surface area contributed by atoms with Crippen molar-refractivity contribution in [3.05, 3.63) is 59.2 Å². The third-order valence-electron chi connectivity index (χ3n) is 7.71. The molecule has 0 bridgehead atoms. The van der Waals surface area contributed by atoms with E-state index in [1.54, 1.807) is 6.92 Å². The molecule has 43 heavy (non-hydrogen) atoms. The summed E-state index contributed by atoms with van der Waals surface area (Å²) in [6.45, 7) is 1.85. The highest BCUT2D eigenvalue weighted by Gasteiger charge is 2.49. The van der Waals surface area contributed by atoms with Crippen molar-refractivity contribution in [1.29, 1.82) is 0 Å². The van der Waals surface area contributed by atoms with Gasteiger partial charge in [-0.15, -0.1) is 0 Å². The van der Waals surface area contributed by atoms with Crippen LogP contribution in [0.2, 0.25) is 0 Å². The molecule has 2 saturated carbocycles. The van der Waals surface area contributed by atoms with Gasteiger partial charge in [-0.3, -0.25) is 0 Å². The molecule has 2 fully saturated rings. The number of hydrogen-bond acceptors (Lipinski definition) is 4. The average molecular weight is 633 g/mol. The van der Waals surface area contributed by atoms with Crippen molar-refractivity contribution < 1.29 is 62.9 Å². The number of halogens is 10. The lowest BCUT2D eigenvalue weighted by atomic mass is 9.85. The summed E-state index contributed by atoms with van der Waals surface area (Å²) >= 11 is 0. The Kier molecular flexibility index (Phi) is 10.1. The molecule has 0 amide bonds. The lowest BCUT2D eigenvalue weighted by Gasteiger charge is -2.38. The fraction of sp³-hybridized carbons (Fsp3) is 0.586. The van der Waals surface area contributed by atoms with E-state index >= 15 is 0 Å². The van der Waals surface area contributed by atoms with Crippen LogP contribution in [0.3, 0.4) is 0 Å². The van der Waals surface area contributed by atoms with Gasteiger partial charge in [0.05, 0.1) is 36.2 Å². The zero-order valence-corrected chi connectivity index (χ0v) is 23.0. The van der Waals surface area contributed by atoms with E-state index in [-0.39, 0.29) is 75.9 Å². The average Bonchev–Trinajstić information content (AvgIpc) is 2.92. The molecule has 0 saturated heterocycles. The van der Waals surface area contributed by atoms with Crippen molar-refractivity contribution >= 4 is 0 Å². The van der Waals surface area contributed by atoms with Gasteiger partial charge in [0.1, 0.15) is 17.3 Å².